The molecule has 0 atom stereocenters. The van der Waals surface area contributed by atoms with Crippen molar-refractivity contribution in [3.8, 4) is 0 Å². The van der Waals surface area contributed by atoms with Crippen LogP contribution in [-0.2, 0) is 14.3 Å². The molecule has 0 fully saturated rings. The maximum absolute atomic E-state index is 10.8. The molecule has 5 nitrogen and oxygen atoms in total. The number of hydrogen-bond donors (Lipinski definition) is 1. The highest BCUT2D eigenvalue weighted by molar-refractivity contribution is 5.66. The summed E-state index contributed by atoms with van der Waals surface area (Å²) in [4.78, 5) is 20.4. The van der Waals surface area contributed by atoms with E-state index >= 15 is 0 Å². The highest BCUT2D eigenvalue weighted by Gasteiger charge is 2.05. The van der Waals surface area contributed by atoms with E-state index in [0.717, 1.165) is 6.42 Å². The lowest BCUT2D eigenvalue weighted by molar-refractivity contribution is -0.137. The van der Waals surface area contributed by atoms with Gasteiger partial charge >= 0.3 is 12.1 Å². The fraction of sp³-hybridized carbons (Fsp3) is 0.846. The normalized spacial score (nSPS) is 9.72. The number of carbonyl (C=O) groups excluding carboxylic acids is 1. The van der Waals surface area contributed by atoms with E-state index in [0.29, 0.717) is 31.5 Å². The monoisotopic (exact) mass is 262 g/mol. The Balaban J connectivity index is 0. The number of carbonyl (C=O) groups is 2. The van der Waals surface area contributed by atoms with E-state index in [-0.39, 0.29) is 0 Å². The zero-order valence-corrected chi connectivity index (χ0v) is 12.1. The smallest absolute Gasteiger partial charge is 0.481 e. The van der Waals surface area contributed by atoms with Gasteiger partial charge in [0.05, 0.1) is 13.2 Å². The first-order valence-corrected chi connectivity index (χ1v) is 6.30. The molecule has 5 heteroatoms. The molecule has 0 saturated carbocycles. The van der Waals surface area contributed by atoms with Crippen LogP contribution in [0.2, 0.25) is 0 Å². The van der Waals surface area contributed by atoms with E-state index in [1.807, 2.05) is 34.6 Å². The van der Waals surface area contributed by atoms with Crippen LogP contribution in [0.1, 0.15) is 47.5 Å². The largest absolute Gasteiger partial charge is 0.508 e. The summed E-state index contributed by atoms with van der Waals surface area (Å²) in [5, 5.41) is 7.91. The molecule has 0 spiro atoms. The molecule has 0 saturated heterocycles. The summed E-state index contributed by atoms with van der Waals surface area (Å²) in [5.41, 5.74) is 0. The second kappa shape index (κ2) is 12.2. The zero-order valence-electron chi connectivity index (χ0n) is 12.1. The van der Waals surface area contributed by atoms with Crippen molar-refractivity contribution in [1.82, 2.24) is 0 Å². The molecule has 0 heterocycles. The number of carboxylic acid groups (broad SMARTS) is 1. The van der Waals surface area contributed by atoms with Gasteiger partial charge in [0, 0.05) is 6.42 Å². The van der Waals surface area contributed by atoms with Crippen molar-refractivity contribution in [3.05, 3.63) is 0 Å². The van der Waals surface area contributed by atoms with Gasteiger partial charge < -0.3 is 14.6 Å². The molecular formula is C13H26O5. The number of ether oxygens (including phenoxy) is 2. The average molecular weight is 262 g/mol. The third-order valence-corrected chi connectivity index (χ3v) is 1.53. The van der Waals surface area contributed by atoms with Crippen LogP contribution in [0.25, 0.3) is 0 Å². The Hall–Kier alpha value is -1.26. The van der Waals surface area contributed by atoms with Crippen LogP contribution < -0.4 is 0 Å². The summed E-state index contributed by atoms with van der Waals surface area (Å²) in [6.45, 7) is 10.6. The fourth-order valence-corrected chi connectivity index (χ4v) is 0.725. The Kier molecular flexibility index (Phi) is 12.9. The minimum Gasteiger partial charge on any atom is -0.481 e. The predicted molar refractivity (Wildman–Crippen MR) is 69.5 cm³/mol. The van der Waals surface area contributed by atoms with E-state index in [9.17, 15) is 9.59 Å². The molecule has 0 radical (unpaired) electrons. The third kappa shape index (κ3) is 20.2. The molecule has 0 aromatic heterocycles. The number of carboxylic acids is 1. The van der Waals surface area contributed by atoms with Gasteiger partial charge in [-0.15, -0.1) is 0 Å². The van der Waals surface area contributed by atoms with Crippen molar-refractivity contribution in [1.29, 1.82) is 0 Å². The molecule has 0 rings (SSSR count). The Bertz CT molecular complexity index is 209. The minimum atomic E-state index is -0.711. The van der Waals surface area contributed by atoms with Crippen LogP contribution in [0, 0.1) is 11.8 Å². The first-order chi connectivity index (χ1) is 8.29. The van der Waals surface area contributed by atoms with E-state index in [1.165, 1.54) is 0 Å². The molecule has 0 bridgehead atoms. The van der Waals surface area contributed by atoms with Crippen molar-refractivity contribution in [2.75, 3.05) is 13.2 Å². The van der Waals surface area contributed by atoms with Gasteiger partial charge in [-0.3, -0.25) is 4.79 Å². The van der Waals surface area contributed by atoms with Crippen molar-refractivity contribution < 1.29 is 24.2 Å². The highest BCUT2D eigenvalue weighted by Crippen LogP contribution is 1.97. The van der Waals surface area contributed by atoms with Crippen molar-refractivity contribution >= 4 is 12.1 Å². The maximum atomic E-state index is 10.8. The average Bonchev–Trinajstić information content (AvgIpc) is 2.24. The Morgan fingerprint density at radius 2 is 1.39 bits per heavy atom. The quantitative estimate of drug-likeness (QED) is 0.743. The lowest BCUT2D eigenvalue weighted by Crippen LogP contribution is -2.14. The van der Waals surface area contributed by atoms with Gasteiger partial charge in [0.25, 0.3) is 0 Å². The lowest BCUT2D eigenvalue weighted by Gasteiger charge is -2.08. The van der Waals surface area contributed by atoms with Crippen molar-refractivity contribution in [3.63, 3.8) is 0 Å². The number of rotatable bonds is 6. The Morgan fingerprint density at radius 3 is 1.56 bits per heavy atom. The van der Waals surface area contributed by atoms with Crippen LogP contribution >= 0.6 is 0 Å². The molecule has 18 heavy (non-hydrogen) atoms. The molecule has 0 aliphatic heterocycles. The van der Waals surface area contributed by atoms with Gasteiger partial charge in [-0.25, -0.2) is 4.79 Å². The zero-order chi connectivity index (χ0) is 14.6. The van der Waals surface area contributed by atoms with Crippen LogP contribution in [0.4, 0.5) is 4.79 Å². The van der Waals surface area contributed by atoms with E-state index in [4.69, 9.17) is 14.6 Å². The summed E-state index contributed by atoms with van der Waals surface area (Å²) in [5.74, 6) is 0.00528. The standard InChI is InChI=1S/C9H18O3.C4H8O2/c1-7(2)5-11-9(10)12-6-8(3)4;1-2-3-4(5)6/h7-8H,5-6H2,1-4H3;2-3H2,1H3,(H,5,6). The van der Waals surface area contributed by atoms with Crippen LogP contribution in [0.3, 0.4) is 0 Å². The van der Waals surface area contributed by atoms with Crippen molar-refractivity contribution in [2.24, 2.45) is 11.8 Å². The van der Waals surface area contributed by atoms with Crippen LogP contribution in [-0.4, -0.2) is 30.4 Å². The van der Waals surface area contributed by atoms with Gasteiger partial charge in [-0.1, -0.05) is 34.6 Å². The molecular weight excluding hydrogens is 236 g/mol. The second-order valence-corrected chi connectivity index (χ2v) is 4.80. The first kappa shape index (κ1) is 19.1. The summed E-state index contributed by atoms with van der Waals surface area (Å²) >= 11 is 0. The molecule has 0 amide bonds. The third-order valence-electron chi connectivity index (χ3n) is 1.53. The van der Waals surface area contributed by atoms with Gasteiger partial charge in [0.2, 0.25) is 0 Å². The topological polar surface area (TPSA) is 72.8 Å². The number of hydrogen-bond acceptors (Lipinski definition) is 4. The molecule has 0 aliphatic rings. The number of aliphatic carboxylic acids is 1. The van der Waals surface area contributed by atoms with Gasteiger partial charge in [0.1, 0.15) is 0 Å². The molecule has 0 aromatic carbocycles. The van der Waals surface area contributed by atoms with E-state index < -0.39 is 12.1 Å². The SMILES string of the molecule is CC(C)COC(=O)OCC(C)C.CCCC(=O)O. The Morgan fingerprint density at radius 1 is 1.00 bits per heavy atom. The van der Waals surface area contributed by atoms with Gasteiger partial charge in [0.15, 0.2) is 0 Å². The van der Waals surface area contributed by atoms with E-state index in [2.05, 4.69) is 0 Å². The van der Waals surface area contributed by atoms with Gasteiger partial charge in [-0.2, -0.15) is 0 Å². The predicted octanol–water partition coefficient (Wildman–Crippen LogP) is 3.32. The van der Waals surface area contributed by atoms with Crippen molar-refractivity contribution in [2.45, 2.75) is 47.5 Å². The highest BCUT2D eigenvalue weighted by atomic mass is 16.7. The fourth-order valence-electron chi connectivity index (χ4n) is 0.725. The van der Waals surface area contributed by atoms with E-state index in [1.54, 1.807) is 0 Å². The molecule has 1 N–H and O–H groups in total. The van der Waals surface area contributed by atoms with Crippen LogP contribution in [0.5, 0.6) is 0 Å². The second-order valence-electron chi connectivity index (χ2n) is 4.80. The van der Waals surface area contributed by atoms with Gasteiger partial charge in [-0.05, 0) is 18.3 Å². The van der Waals surface area contributed by atoms with Crippen LogP contribution in [0.15, 0.2) is 0 Å². The summed E-state index contributed by atoms with van der Waals surface area (Å²) < 4.78 is 9.59. The first-order valence-electron chi connectivity index (χ1n) is 6.30. The maximum Gasteiger partial charge on any atom is 0.508 e. The molecule has 0 aliphatic carbocycles. The summed E-state index contributed by atoms with van der Waals surface area (Å²) in [6.07, 6.45) is 0.465. The Labute approximate surface area is 109 Å². The summed E-state index contributed by atoms with van der Waals surface area (Å²) in [6, 6.07) is 0. The molecule has 0 unspecified atom stereocenters. The lowest BCUT2D eigenvalue weighted by atomic mass is 10.2. The molecule has 108 valence electrons. The molecule has 0 aromatic rings. The minimum absolute atomic E-state index is 0.292. The summed E-state index contributed by atoms with van der Waals surface area (Å²) in [7, 11) is 0.